The number of rotatable bonds is 4. The second kappa shape index (κ2) is 5.74. The molecule has 1 aromatic carbocycles. The zero-order valence-corrected chi connectivity index (χ0v) is 10.5. The molecule has 0 atom stereocenters. The summed E-state index contributed by atoms with van der Waals surface area (Å²) < 4.78 is 10.6. The zero-order chi connectivity index (χ0) is 13.7. The van der Waals surface area contributed by atoms with Gasteiger partial charge in [0.2, 0.25) is 5.88 Å². The number of aromatic nitrogens is 1. The molecule has 5 heteroatoms. The molecule has 1 aromatic heterocycles. The third-order valence-electron chi connectivity index (χ3n) is 2.50. The Labute approximate surface area is 111 Å². The van der Waals surface area contributed by atoms with Crippen LogP contribution in [-0.4, -0.2) is 12.1 Å². The number of methoxy groups -OCH3 is 1. The second-order valence-electron chi connectivity index (χ2n) is 3.82. The van der Waals surface area contributed by atoms with Crippen LogP contribution in [0.25, 0.3) is 0 Å². The van der Waals surface area contributed by atoms with Gasteiger partial charge >= 0.3 is 0 Å². The molecule has 0 fully saturated rings. The number of anilines is 1. The fourth-order valence-electron chi connectivity index (χ4n) is 1.55. The van der Waals surface area contributed by atoms with Gasteiger partial charge in [-0.1, -0.05) is 6.07 Å². The number of benzene rings is 1. The van der Waals surface area contributed by atoms with E-state index < -0.39 is 0 Å². The summed E-state index contributed by atoms with van der Waals surface area (Å²) in [6.07, 6.45) is 0. The molecule has 2 rings (SSSR count). The van der Waals surface area contributed by atoms with Gasteiger partial charge in [-0.25, -0.2) is 4.98 Å². The zero-order valence-electron chi connectivity index (χ0n) is 10.5. The Balaban J connectivity index is 2.08. The van der Waals surface area contributed by atoms with Crippen molar-refractivity contribution in [2.75, 3.05) is 12.8 Å². The van der Waals surface area contributed by atoms with Crippen molar-refractivity contribution >= 4 is 5.69 Å². The molecule has 0 bridgehead atoms. The van der Waals surface area contributed by atoms with Crippen molar-refractivity contribution in [3.63, 3.8) is 0 Å². The standard InChI is InChI=1S/C14H13N3O2/c1-18-14-4-2-3-11(17-14)9-19-13-6-5-10(8-15)7-12(13)16/h2-7H,9,16H2,1H3. The molecular formula is C14H13N3O2. The van der Waals surface area contributed by atoms with E-state index in [-0.39, 0.29) is 6.61 Å². The first-order chi connectivity index (χ1) is 9.22. The van der Waals surface area contributed by atoms with E-state index in [4.69, 9.17) is 20.5 Å². The molecule has 2 aromatic rings. The number of nitrogen functional groups attached to an aromatic ring is 1. The quantitative estimate of drug-likeness (QED) is 0.846. The van der Waals surface area contributed by atoms with Crippen LogP contribution in [-0.2, 0) is 6.61 Å². The van der Waals surface area contributed by atoms with Crippen LogP contribution in [0.15, 0.2) is 36.4 Å². The highest BCUT2D eigenvalue weighted by atomic mass is 16.5. The Bertz CT molecular complexity index is 620. The topological polar surface area (TPSA) is 81.2 Å². The molecule has 0 aliphatic heterocycles. The van der Waals surface area contributed by atoms with E-state index in [0.717, 1.165) is 5.69 Å². The molecule has 0 unspecified atom stereocenters. The van der Waals surface area contributed by atoms with Gasteiger partial charge < -0.3 is 15.2 Å². The van der Waals surface area contributed by atoms with Crippen LogP contribution in [0.3, 0.4) is 0 Å². The van der Waals surface area contributed by atoms with Crippen LogP contribution in [0.5, 0.6) is 11.6 Å². The molecule has 0 amide bonds. The molecule has 0 aliphatic carbocycles. The van der Waals surface area contributed by atoms with Gasteiger partial charge in [0, 0.05) is 6.07 Å². The van der Waals surface area contributed by atoms with Crippen LogP contribution in [0, 0.1) is 11.3 Å². The van der Waals surface area contributed by atoms with Crippen molar-refractivity contribution in [1.82, 2.24) is 4.98 Å². The highest BCUT2D eigenvalue weighted by Crippen LogP contribution is 2.23. The van der Waals surface area contributed by atoms with Gasteiger partial charge in [-0.2, -0.15) is 5.26 Å². The minimum absolute atomic E-state index is 0.285. The van der Waals surface area contributed by atoms with E-state index in [2.05, 4.69) is 4.98 Å². The SMILES string of the molecule is COc1cccc(COc2ccc(C#N)cc2N)n1. The van der Waals surface area contributed by atoms with E-state index in [1.54, 1.807) is 31.4 Å². The van der Waals surface area contributed by atoms with Gasteiger partial charge in [0.1, 0.15) is 12.4 Å². The highest BCUT2D eigenvalue weighted by Gasteiger charge is 2.04. The normalized spacial score (nSPS) is 9.68. The maximum absolute atomic E-state index is 8.75. The van der Waals surface area contributed by atoms with Crippen LogP contribution in [0.4, 0.5) is 5.69 Å². The Morgan fingerprint density at radius 1 is 1.32 bits per heavy atom. The summed E-state index contributed by atoms with van der Waals surface area (Å²) in [6, 6.07) is 12.4. The Morgan fingerprint density at radius 2 is 2.16 bits per heavy atom. The Kier molecular flexibility index (Phi) is 3.84. The Morgan fingerprint density at radius 3 is 2.84 bits per heavy atom. The predicted octanol–water partition coefficient (Wildman–Crippen LogP) is 2.12. The lowest BCUT2D eigenvalue weighted by molar-refractivity contribution is 0.299. The number of ether oxygens (including phenoxy) is 2. The van der Waals surface area contributed by atoms with Crippen LogP contribution in [0.2, 0.25) is 0 Å². The summed E-state index contributed by atoms with van der Waals surface area (Å²) in [5.41, 5.74) is 7.47. The number of hydrogen-bond donors (Lipinski definition) is 1. The third kappa shape index (κ3) is 3.13. The lowest BCUT2D eigenvalue weighted by Gasteiger charge is -2.09. The van der Waals surface area contributed by atoms with Crippen molar-refractivity contribution in [3.8, 4) is 17.7 Å². The molecule has 2 N–H and O–H groups in total. The lowest BCUT2D eigenvalue weighted by atomic mass is 10.2. The van der Waals surface area contributed by atoms with Crippen LogP contribution < -0.4 is 15.2 Å². The minimum atomic E-state index is 0.285. The number of nitriles is 1. The monoisotopic (exact) mass is 255 g/mol. The second-order valence-corrected chi connectivity index (χ2v) is 3.82. The van der Waals surface area contributed by atoms with Crippen LogP contribution in [0.1, 0.15) is 11.3 Å². The van der Waals surface area contributed by atoms with E-state index >= 15 is 0 Å². The first-order valence-corrected chi connectivity index (χ1v) is 5.65. The third-order valence-corrected chi connectivity index (χ3v) is 2.50. The fraction of sp³-hybridized carbons (Fsp3) is 0.143. The fourth-order valence-corrected chi connectivity index (χ4v) is 1.55. The predicted molar refractivity (Wildman–Crippen MR) is 70.7 cm³/mol. The van der Waals surface area contributed by atoms with Crippen molar-refractivity contribution in [1.29, 1.82) is 5.26 Å². The van der Waals surface area contributed by atoms with E-state index in [1.807, 2.05) is 18.2 Å². The smallest absolute Gasteiger partial charge is 0.213 e. The van der Waals surface area contributed by atoms with Gasteiger partial charge in [-0.15, -0.1) is 0 Å². The van der Waals surface area contributed by atoms with Crippen molar-refractivity contribution in [2.45, 2.75) is 6.61 Å². The van der Waals surface area contributed by atoms with Crippen LogP contribution >= 0.6 is 0 Å². The molecule has 5 nitrogen and oxygen atoms in total. The van der Waals surface area contributed by atoms with Gasteiger partial charge in [0.15, 0.2) is 0 Å². The number of hydrogen-bond acceptors (Lipinski definition) is 5. The summed E-state index contributed by atoms with van der Waals surface area (Å²) in [4.78, 5) is 4.23. The number of nitrogens with two attached hydrogens (primary N) is 1. The summed E-state index contributed by atoms with van der Waals surface area (Å²) >= 11 is 0. The molecule has 0 saturated carbocycles. The minimum Gasteiger partial charge on any atom is -0.485 e. The van der Waals surface area contributed by atoms with E-state index in [9.17, 15) is 0 Å². The summed E-state index contributed by atoms with van der Waals surface area (Å²) in [5.74, 6) is 1.07. The molecule has 96 valence electrons. The summed E-state index contributed by atoms with van der Waals surface area (Å²) in [6.45, 7) is 0.285. The largest absolute Gasteiger partial charge is 0.485 e. The number of nitrogens with zero attached hydrogens (tertiary/aromatic N) is 2. The maximum Gasteiger partial charge on any atom is 0.213 e. The van der Waals surface area contributed by atoms with E-state index in [0.29, 0.717) is 22.9 Å². The molecule has 0 spiro atoms. The average molecular weight is 255 g/mol. The lowest BCUT2D eigenvalue weighted by Crippen LogP contribution is -2.01. The molecule has 0 saturated heterocycles. The first kappa shape index (κ1) is 12.7. The summed E-state index contributed by atoms with van der Waals surface area (Å²) in [5, 5.41) is 8.75. The molecule has 0 radical (unpaired) electrons. The van der Waals surface area contributed by atoms with E-state index in [1.165, 1.54) is 0 Å². The highest BCUT2D eigenvalue weighted by molar-refractivity contribution is 5.56. The van der Waals surface area contributed by atoms with Crippen molar-refractivity contribution in [3.05, 3.63) is 47.7 Å². The number of pyridine rings is 1. The summed E-state index contributed by atoms with van der Waals surface area (Å²) in [7, 11) is 1.56. The molecular weight excluding hydrogens is 242 g/mol. The average Bonchev–Trinajstić information content (AvgIpc) is 2.46. The van der Waals surface area contributed by atoms with Gasteiger partial charge in [-0.3, -0.25) is 0 Å². The van der Waals surface area contributed by atoms with Crippen molar-refractivity contribution < 1.29 is 9.47 Å². The molecule has 1 heterocycles. The molecule has 19 heavy (non-hydrogen) atoms. The first-order valence-electron chi connectivity index (χ1n) is 5.65. The maximum atomic E-state index is 8.75. The van der Waals surface area contributed by atoms with Gasteiger partial charge in [0.25, 0.3) is 0 Å². The van der Waals surface area contributed by atoms with Gasteiger partial charge in [0.05, 0.1) is 30.1 Å². The Hall–Kier alpha value is -2.74. The van der Waals surface area contributed by atoms with Crippen molar-refractivity contribution in [2.24, 2.45) is 0 Å². The molecule has 0 aliphatic rings. The van der Waals surface area contributed by atoms with Gasteiger partial charge in [-0.05, 0) is 24.3 Å².